The van der Waals surface area contributed by atoms with Gasteiger partial charge in [0.1, 0.15) is 43.7 Å². The van der Waals surface area contributed by atoms with Gasteiger partial charge in [0.25, 0.3) is 0 Å². The highest BCUT2D eigenvalue weighted by Crippen LogP contribution is 2.32. The fourth-order valence-corrected chi connectivity index (χ4v) is 7.38. The highest BCUT2D eigenvalue weighted by atomic mass is 35.5. The van der Waals surface area contributed by atoms with Crippen LogP contribution in [0.3, 0.4) is 0 Å². The standard InChI is InChI=1S/C49H51ClN6O10S/c1-51-44(57)27-52-45(58)40-23-36-21-34(17-19-39(36)50)35-18-20-43(63-28-31-11-5-2-6-12-31)37(22-35)24-41(56-49(62)65-30-33-15-9-4-10-16-33)46(59)55-42(47(60)54-40)25-38(66-67)26-53-48(61)64-29-32-13-7-3-8-14-32/h2-22,38,40-42,67H,23-30H2,1H3,(H,51,57)(H,52,58)(H,53,61)(H,54,60)(H,55,59)(H,56,62)/t38-,40+,41+,42+/m1/s1. The van der Waals surface area contributed by atoms with Gasteiger partial charge in [-0.1, -0.05) is 115 Å². The van der Waals surface area contributed by atoms with E-state index in [0.717, 1.165) is 11.1 Å². The molecule has 4 atom stereocenters. The molecule has 0 spiro atoms. The first-order chi connectivity index (χ1) is 32.5. The predicted molar refractivity (Wildman–Crippen MR) is 253 cm³/mol. The van der Waals surface area contributed by atoms with Crippen LogP contribution in [0.2, 0.25) is 5.02 Å². The number of thiol groups is 1. The number of carbonyl (C=O) groups is 6. The number of likely N-dealkylation sites (N-methyl/N-ethyl adjacent to an activating group) is 1. The van der Waals surface area contributed by atoms with E-state index >= 15 is 0 Å². The van der Waals surface area contributed by atoms with E-state index in [-0.39, 0.29) is 45.6 Å². The monoisotopic (exact) mass is 950 g/mol. The van der Waals surface area contributed by atoms with Crippen LogP contribution < -0.4 is 36.6 Å². The first-order valence-electron chi connectivity index (χ1n) is 21.4. The van der Waals surface area contributed by atoms with Gasteiger partial charge >= 0.3 is 12.2 Å². The molecule has 6 rings (SSSR count). The van der Waals surface area contributed by atoms with Gasteiger partial charge in [-0.25, -0.2) is 9.59 Å². The normalized spacial score (nSPS) is 16.3. The number of alkyl carbamates (subject to hydrolysis) is 2. The first kappa shape index (κ1) is 49.4. The summed E-state index contributed by atoms with van der Waals surface area (Å²) in [5, 5.41) is 16.0. The van der Waals surface area contributed by atoms with Crippen molar-refractivity contribution in [2.24, 2.45) is 0 Å². The minimum absolute atomic E-state index is 0.0134. The number of ether oxygens (including phenoxy) is 3. The van der Waals surface area contributed by atoms with Crippen LogP contribution in [0.25, 0.3) is 11.1 Å². The molecule has 18 heteroatoms. The molecule has 0 unspecified atom stereocenters. The van der Waals surface area contributed by atoms with Crippen molar-refractivity contribution < 1.29 is 47.2 Å². The fourth-order valence-electron chi connectivity index (χ4n) is 7.02. The average Bonchev–Trinajstić information content (AvgIpc) is 3.35. The summed E-state index contributed by atoms with van der Waals surface area (Å²) in [5.74, 6) is -2.46. The van der Waals surface area contributed by atoms with Gasteiger partial charge in [-0.15, -0.1) is 0 Å². The number of rotatable bonds is 16. The second kappa shape index (κ2) is 25.0. The highest BCUT2D eigenvalue weighted by Gasteiger charge is 2.34. The summed E-state index contributed by atoms with van der Waals surface area (Å²) in [6.45, 7) is -0.548. The lowest BCUT2D eigenvalue weighted by Gasteiger charge is -2.27. The minimum Gasteiger partial charge on any atom is -0.489 e. The molecule has 0 saturated heterocycles. The molecule has 350 valence electrons. The molecule has 1 aliphatic rings. The van der Waals surface area contributed by atoms with E-state index in [4.69, 9.17) is 30.0 Å². The van der Waals surface area contributed by atoms with Crippen molar-refractivity contribution in [3.05, 3.63) is 160 Å². The quantitative estimate of drug-likeness (QED) is 0.0498. The minimum atomic E-state index is -1.49. The van der Waals surface area contributed by atoms with Crippen LogP contribution in [0.1, 0.15) is 34.2 Å². The smallest absolute Gasteiger partial charge is 0.408 e. The predicted octanol–water partition coefficient (Wildman–Crippen LogP) is 5.36. The van der Waals surface area contributed by atoms with Crippen molar-refractivity contribution in [1.82, 2.24) is 31.9 Å². The molecule has 6 N–H and O–H groups in total. The zero-order chi connectivity index (χ0) is 47.5. The van der Waals surface area contributed by atoms with Crippen LogP contribution in [0.4, 0.5) is 9.59 Å². The van der Waals surface area contributed by atoms with E-state index in [9.17, 15) is 28.8 Å². The van der Waals surface area contributed by atoms with Crippen molar-refractivity contribution in [2.45, 2.75) is 63.3 Å². The number of benzene rings is 5. The van der Waals surface area contributed by atoms with Crippen molar-refractivity contribution in [3.63, 3.8) is 0 Å². The van der Waals surface area contributed by atoms with Crippen molar-refractivity contribution >= 4 is 60.3 Å². The van der Waals surface area contributed by atoms with Gasteiger partial charge < -0.3 is 50.3 Å². The van der Waals surface area contributed by atoms with Gasteiger partial charge in [0, 0.05) is 37.9 Å². The zero-order valence-electron chi connectivity index (χ0n) is 36.5. The number of carbonyl (C=O) groups excluding carboxylic acids is 6. The van der Waals surface area contributed by atoms with Crippen LogP contribution in [-0.2, 0) is 65.5 Å². The summed E-state index contributed by atoms with van der Waals surface area (Å²) in [4.78, 5) is 81.5. The third-order valence-electron chi connectivity index (χ3n) is 10.6. The number of halogens is 1. The molecule has 1 heterocycles. The topological polar surface area (TPSA) is 212 Å². The Balaban J connectivity index is 1.36. The van der Waals surface area contributed by atoms with E-state index in [1.54, 1.807) is 72.8 Å². The molecule has 0 aliphatic carbocycles. The molecule has 0 radical (unpaired) electrons. The first-order valence-corrected chi connectivity index (χ1v) is 22.1. The van der Waals surface area contributed by atoms with E-state index in [1.165, 1.54) is 7.05 Å². The maximum atomic E-state index is 14.7. The zero-order valence-corrected chi connectivity index (χ0v) is 38.1. The summed E-state index contributed by atoms with van der Waals surface area (Å²) < 4.78 is 22.6. The Kier molecular flexibility index (Phi) is 18.4. The van der Waals surface area contributed by atoms with Crippen LogP contribution >= 0.6 is 24.5 Å². The highest BCUT2D eigenvalue weighted by molar-refractivity contribution is 7.75. The second-order valence-corrected chi connectivity index (χ2v) is 16.1. The van der Waals surface area contributed by atoms with Crippen LogP contribution in [0.5, 0.6) is 5.75 Å². The third-order valence-corrected chi connectivity index (χ3v) is 11.3. The SMILES string of the molecule is CNC(=O)CNC(=O)[C@@H]1Cc2cc(ccc2Cl)-c2ccc(OCc3ccccc3)c(c2)C[C@H](NC(=O)OCc2ccccc2)C(=O)N[C@@H](C[C@H](CNC(=O)OCc2ccccc2)OS)C(=O)N1. The van der Waals surface area contributed by atoms with Crippen LogP contribution in [0, 0.1) is 0 Å². The Hall–Kier alpha value is -7.08. The molecule has 0 fully saturated rings. The lowest BCUT2D eigenvalue weighted by Crippen LogP contribution is -2.58. The molecule has 6 amide bonds. The van der Waals surface area contributed by atoms with Gasteiger partial charge in [-0.2, -0.15) is 0 Å². The van der Waals surface area contributed by atoms with E-state index in [2.05, 4.69) is 44.8 Å². The Morgan fingerprint density at radius 1 is 0.701 bits per heavy atom. The number of hydrogen-bond acceptors (Lipinski definition) is 11. The van der Waals surface area contributed by atoms with E-state index in [0.29, 0.717) is 38.6 Å². The lowest BCUT2D eigenvalue weighted by molar-refractivity contribution is -0.133. The molecule has 4 bridgehead atoms. The Morgan fingerprint density at radius 2 is 1.28 bits per heavy atom. The summed E-state index contributed by atoms with van der Waals surface area (Å²) >= 11 is 10.8. The van der Waals surface area contributed by atoms with Gasteiger partial charge in [-0.3, -0.25) is 19.2 Å². The summed E-state index contributed by atoms with van der Waals surface area (Å²) in [7, 11) is 1.41. The summed E-state index contributed by atoms with van der Waals surface area (Å²) in [5.41, 5.74) is 4.71. The van der Waals surface area contributed by atoms with Crippen molar-refractivity contribution in [3.8, 4) is 16.9 Å². The summed E-state index contributed by atoms with van der Waals surface area (Å²) in [6.07, 6.45) is -3.33. The van der Waals surface area contributed by atoms with Crippen molar-refractivity contribution in [2.75, 3.05) is 20.1 Å². The number of hydrogen-bond donors (Lipinski definition) is 7. The van der Waals surface area contributed by atoms with Gasteiger partial charge in [0.05, 0.1) is 12.6 Å². The molecular formula is C49H51ClN6O10S. The molecule has 5 aromatic rings. The number of fused-ring (bicyclic) bond motifs is 5. The summed E-state index contributed by atoms with van der Waals surface area (Å²) in [6, 6.07) is 33.9. The number of amides is 6. The van der Waals surface area contributed by atoms with Gasteiger partial charge in [0.15, 0.2) is 0 Å². The fraction of sp³-hybridized carbons (Fsp3) is 0.265. The lowest BCUT2D eigenvalue weighted by atomic mass is 9.95. The van der Waals surface area contributed by atoms with Crippen LogP contribution in [-0.4, -0.2) is 80.2 Å². The number of nitrogens with one attached hydrogen (secondary N) is 6. The van der Waals surface area contributed by atoms with Gasteiger partial charge in [0.2, 0.25) is 23.6 Å². The average molecular weight is 951 g/mol. The Labute approximate surface area is 398 Å². The molecule has 16 nitrogen and oxygen atoms in total. The Morgan fingerprint density at radius 3 is 1.90 bits per heavy atom. The Bertz CT molecular complexity index is 2490. The molecular weight excluding hydrogens is 900 g/mol. The third kappa shape index (κ3) is 15.2. The van der Waals surface area contributed by atoms with Crippen LogP contribution in [0.15, 0.2) is 127 Å². The van der Waals surface area contributed by atoms with Gasteiger partial charge in [-0.05, 0) is 76.1 Å². The molecule has 1 aliphatic heterocycles. The maximum Gasteiger partial charge on any atom is 0.408 e. The molecule has 5 aromatic carbocycles. The van der Waals surface area contributed by atoms with E-state index < -0.39 is 66.6 Å². The largest absolute Gasteiger partial charge is 0.489 e. The molecule has 0 aromatic heterocycles. The second-order valence-electron chi connectivity index (χ2n) is 15.5. The molecule has 67 heavy (non-hydrogen) atoms. The maximum absolute atomic E-state index is 14.7. The molecule has 0 saturated carbocycles. The van der Waals surface area contributed by atoms with E-state index in [1.807, 2.05) is 54.6 Å². The van der Waals surface area contributed by atoms with Crippen molar-refractivity contribution in [1.29, 1.82) is 0 Å².